The number of nitrogens with two attached hydrogens (primary N) is 1. The lowest BCUT2D eigenvalue weighted by Gasteiger charge is -2.10. The number of carboxylic acid groups (broad SMARTS) is 1. The number of phenols is 1. The second-order valence-corrected chi connectivity index (χ2v) is 3.57. The fourth-order valence-electron chi connectivity index (χ4n) is 1.59. The maximum absolute atomic E-state index is 10.5. The Hall–Kier alpha value is -2.43. The second-order valence-electron chi connectivity index (χ2n) is 3.57. The number of fused-ring (bicyclic) bond motifs is 1. The van der Waals surface area contributed by atoms with E-state index in [2.05, 4.69) is 0 Å². The number of benzene rings is 2. The summed E-state index contributed by atoms with van der Waals surface area (Å²) in [6.07, 6.45) is 0. The molecule has 0 aliphatic rings. The third-order valence-electron chi connectivity index (χ3n) is 2.33. The first-order valence-corrected chi connectivity index (χ1v) is 4.94. The molecule has 0 aliphatic carbocycles. The maximum atomic E-state index is 10.5. The van der Waals surface area contributed by atoms with Crippen LogP contribution in [0.4, 0.5) is 5.69 Å². The molecule has 0 radical (unpaired) electrons. The molecule has 4 N–H and O–H groups in total. The minimum Gasteiger partial charge on any atom is -0.508 e. The molecule has 0 aromatic heterocycles. The Morgan fingerprint density at radius 3 is 2.71 bits per heavy atom. The third-order valence-corrected chi connectivity index (χ3v) is 2.33. The van der Waals surface area contributed by atoms with Gasteiger partial charge in [-0.05, 0) is 23.6 Å². The Morgan fingerprint density at radius 1 is 1.29 bits per heavy atom. The molecule has 0 spiro atoms. The van der Waals surface area contributed by atoms with E-state index >= 15 is 0 Å². The summed E-state index contributed by atoms with van der Waals surface area (Å²) in [5, 5.41) is 19.4. The topological polar surface area (TPSA) is 92.8 Å². The molecule has 0 atom stereocenters. The molecule has 88 valence electrons. The Labute approximate surface area is 97.0 Å². The summed E-state index contributed by atoms with van der Waals surface area (Å²) in [6, 6.07) is 8.15. The van der Waals surface area contributed by atoms with E-state index in [1.165, 1.54) is 6.07 Å². The normalized spacial score (nSPS) is 10.4. The van der Waals surface area contributed by atoms with Crippen molar-refractivity contribution in [1.29, 1.82) is 0 Å². The number of hydrogen-bond donors (Lipinski definition) is 3. The molecule has 0 saturated heterocycles. The molecule has 0 saturated carbocycles. The zero-order chi connectivity index (χ0) is 12.4. The number of phenolic OH excluding ortho intramolecular Hbond substituents is 1. The summed E-state index contributed by atoms with van der Waals surface area (Å²) in [4.78, 5) is 10.5. The molecule has 17 heavy (non-hydrogen) atoms. The first kappa shape index (κ1) is 11.1. The van der Waals surface area contributed by atoms with E-state index in [4.69, 9.17) is 15.6 Å². The van der Waals surface area contributed by atoms with Crippen molar-refractivity contribution in [3.05, 3.63) is 30.3 Å². The highest BCUT2D eigenvalue weighted by atomic mass is 16.5. The van der Waals surface area contributed by atoms with Gasteiger partial charge >= 0.3 is 5.97 Å². The first-order valence-electron chi connectivity index (χ1n) is 4.94. The Kier molecular flexibility index (Phi) is 2.74. The van der Waals surface area contributed by atoms with Crippen molar-refractivity contribution in [3.8, 4) is 11.5 Å². The van der Waals surface area contributed by atoms with Crippen LogP contribution in [0.25, 0.3) is 10.8 Å². The van der Waals surface area contributed by atoms with Crippen LogP contribution in [0.1, 0.15) is 0 Å². The molecule has 0 aliphatic heterocycles. The number of anilines is 1. The molecule has 0 amide bonds. The minimum atomic E-state index is -1.08. The van der Waals surface area contributed by atoms with Crippen molar-refractivity contribution in [2.24, 2.45) is 0 Å². The minimum absolute atomic E-state index is 0.0725. The Balaban J connectivity index is 2.53. The maximum Gasteiger partial charge on any atom is 0.341 e. The van der Waals surface area contributed by atoms with Crippen LogP contribution in [0.15, 0.2) is 30.3 Å². The average Bonchev–Trinajstić information content (AvgIpc) is 2.27. The summed E-state index contributed by atoms with van der Waals surface area (Å²) < 4.78 is 5.13. The lowest BCUT2D eigenvalue weighted by atomic mass is 10.1. The number of hydrogen-bond acceptors (Lipinski definition) is 4. The molecule has 5 heteroatoms. The summed E-state index contributed by atoms with van der Waals surface area (Å²) >= 11 is 0. The Bertz CT molecular complexity index is 575. The Morgan fingerprint density at radius 2 is 2.00 bits per heavy atom. The van der Waals surface area contributed by atoms with Gasteiger partial charge in [-0.15, -0.1) is 0 Å². The number of carboxylic acids is 1. The number of aliphatic carboxylic acids is 1. The lowest BCUT2D eigenvalue weighted by Crippen LogP contribution is -2.10. The van der Waals surface area contributed by atoms with Crippen LogP contribution in [0.2, 0.25) is 0 Å². The van der Waals surface area contributed by atoms with Gasteiger partial charge in [0.2, 0.25) is 0 Å². The summed E-state index contributed by atoms with van der Waals surface area (Å²) in [7, 11) is 0. The fraction of sp³-hybridized carbons (Fsp3) is 0.0833. The molecule has 2 aromatic rings. The zero-order valence-corrected chi connectivity index (χ0v) is 8.88. The fourth-order valence-corrected chi connectivity index (χ4v) is 1.59. The summed E-state index contributed by atoms with van der Waals surface area (Å²) in [5.74, 6) is -0.731. The number of aromatic hydroxyl groups is 1. The number of nitrogen functional groups attached to an aromatic ring is 1. The number of ether oxygens (including phenoxy) is 1. The molecule has 2 aromatic carbocycles. The summed E-state index contributed by atoms with van der Waals surface area (Å²) in [5.41, 5.74) is 6.06. The highest BCUT2D eigenvalue weighted by molar-refractivity contribution is 5.94. The van der Waals surface area contributed by atoms with E-state index in [0.717, 1.165) is 5.39 Å². The van der Waals surface area contributed by atoms with Crippen LogP contribution < -0.4 is 10.5 Å². The van der Waals surface area contributed by atoms with E-state index < -0.39 is 12.6 Å². The summed E-state index contributed by atoms with van der Waals surface area (Å²) in [6.45, 7) is -0.473. The zero-order valence-electron chi connectivity index (χ0n) is 8.88. The standard InChI is InChI=1S/C12H11NO4/c13-10-4-2-7-1-3-8(14)5-9(7)12(10)17-6-11(15)16/h1-5,14H,6,13H2,(H,15,16). The van der Waals surface area contributed by atoms with Gasteiger partial charge in [-0.1, -0.05) is 12.1 Å². The van der Waals surface area contributed by atoms with Crippen LogP contribution in [-0.4, -0.2) is 22.8 Å². The van der Waals surface area contributed by atoms with Crippen LogP contribution in [0.3, 0.4) is 0 Å². The van der Waals surface area contributed by atoms with Gasteiger partial charge in [0.15, 0.2) is 12.4 Å². The molecular weight excluding hydrogens is 222 g/mol. The highest BCUT2D eigenvalue weighted by Crippen LogP contribution is 2.33. The van der Waals surface area contributed by atoms with Crippen LogP contribution in [0, 0.1) is 0 Å². The molecular formula is C12H11NO4. The third kappa shape index (κ3) is 2.23. The van der Waals surface area contributed by atoms with Crippen molar-refractivity contribution in [2.75, 3.05) is 12.3 Å². The number of carbonyl (C=O) groups is 1. The quantitative estimate of drug-likeness (QED) is 0.700. The highest BCUT2D eigenvalue weighted by Gasteiger charge is 2.09. The first-order chi connectivity index (χ1) is 8.08. The van der Waals surface area contributed by atoms with Crippen molar-refractivity contribution >= 4 is 22.4 Å². The van der Waals surface area contributed by atoms with Gasteiger partial charge in [-0.25, -0.2) is 4.79 Å². The predicted octanol–water partition coefficient (Wildman–Crippen LogP) is 1.59. The monoisotopic (exact) mass is 233 g/mol. The van der Waals surface area contributed by atoms with Crippen molar-refractivity contribution in [3.63, 3.8) is 0 Å². The van der Waals surface area contributed by atoms with Gasteiger partial charge in [-0.2, -0.15) is 0 Å². The van der Waals surface area contributed by atoms with Gasteiger partial charge in [0.1, 0.15) is 5.75 Å². The predicted molar refractivity (Wildman–Crippen MR) is 63.2 cm³/mol. The van der Waals surface area contributed by atoms with Crippen LogP contribution >= 0.6 is 0 Å². The smallest absolute Gasteiger partial charge is 0.341 e. The van der Waals surface area contributed by atoms with E-state index in [9.17, 15) is 9.90 Å². The van der Waals surface area contributed by atoms with E-state index in [0.29, 0.717) is 11.1 Å². The van der Waals surface area contributed by atoms with E-state index in [-0.39, 0.29) is 11.5 Å². The van der Waals surface area contributed by atoms with Crippen LogP contribution in [-0.2, 0) is 4.79 Å². The number of rotatable bonds is 3. The van der Waals surface area contributed by atoms with E-state index in [1.54, 1.807) is 24.3 Å². The molecule has 0 unspecified atom stereocenters. The molecule has 0 fully saturated rings. The molecule has 0 heterocycles. The molecule has 2 rings (SSSR count). The van der Waals surface area contributed by atoms with Gasteiger partial charge in [0, 0.05) is 5.39 Å². The van der Waals surface area contributed by atoms with Gasteiger partial charge < -0.3 is 20.7 Å². The SMILES string of the molecule is Nc1ccc2ccc(O)cc2c1OCC(=O)O. The average molecular weight is 233 g/mol. The van der Waals surface area contributed by atoms with Crippen molar-refractivity contribution in [2.45, 2.75) is 0 Å². The molecule has 5 nitrogen and oxygen atoms in total. The van der Waals surface area contributed by atoms with Crippen LogP contribution in [0.5, 0.6) is 11.5 Å². The van der Waals surface area contributed by atoms with E-state index in [1.807, 2.05) is 0 Å². The van der Waals surface area contributed by atoms with Gasteiger partial charge in [0.05, 0.1) is 5.69 Å². The molecule has 0 bridgehead atoms. The lowest BCUT2D eigenvalue weighted by molar-refractivity contribution is -0.139. The second kappa shape index (κ2) is 4.21. The van der Waals surface area contributed by atoms with Crippen molar-refractivity contribution in [1.82, 2.24) is 0 Å². The largest absolute Gasteiger partial charge is 0.508 e. The van der Waals surface area contributed by atoms with Gasteiger partial charge in [0.25, 0.3) is 0 Å². The van der Waals surface area contributed by atoms with Gasteiger partial charge in [-0.3, -0.25) is 0 Å². The van der Waals surface area contributed by atoms with Crippen molar-refractivity contribution < 1.29 is 19.7 Å².